The minimum absolute atomic E-state index is 0.0547. The zero-order chi connectivity index (χ0) is 19.6. The maximum atomic E-state index is 13.4. The van der Waals surface area contributed by atoms with Crippen molar-refractivity contribution in [2.24, 2.45) is 4.99 Å². The number of nitrogens with zero attached hydrogens (tertiary/aromatic N) is 2. The van der Waals surface area contributed by atoms with E-state index in [2.05, 4.69) is 0 Å². The van der Waals surface area contributed by atoms with Gasteiger partial charge in [-0.1, -0.05) is 78.4 Å². The number of aliphatic imine (C=N–C) groups is 1. The molecule has 1 aliphatic rings. The highest BCUT2D eigenvalue weighted by Gasteiger charge is 2.33. The Morgan fingerprint density at radius 3 is 2.11 bits per heavy atom. The van der Waals surface area contributed by atoms with Crippen molar-refractivity contribution in [2.45, 2.75) is 24.3 Å². The zero-order valence-electron chi connectivity index (χ0n) is 15.7. The molecule has 0 spiro atoms. The molecule has 0 saturated carbocycles. The Labute approximate surface area is 166 Å². The van der Waals surface area contributed by atoms with Gasteiger partial charge in [-0.15, -0.1) is 0 Å². The molecule has 0 aromatic heterocycles. The topological polar surface area (TPSA) is 49.7 Å². The average Bonchev–Trinajstić information content (AvgIpc) is 2.75. The Morgan fingerprint density at radius 2 is 1.46 bits per heavy atom. The van der Waals surface area contributed by atoms with Gasteiger partial charge in [0.1, 0.15) is 5.84 Å². The summed E-state index contributed by atoms with van der Waals surface area (Å²) in [5.74, 6) is 0.501. The number of rotatable bonds is 4. The molecule has 1 aliphatic heterocycles. The molecule has 0 aliphatic carbocycles. The van der Waals surface area contributed by atoms with E-state index < -0.39 is 10.0 Å². The van der Waals surface area contributed by atoms with Crippen molar-refractivity contribution in [1.82, 2.24) is 4.31 Å². The number of benzene rings is 3. The van der Waals surface area contributed by atoms with Gasteiger partial charge < -0.3 is 0 Å². The minimum Gasteiger partial charge on any atom is -0.259 e. The van der Waals surface area contributed by atoms with Crippen molar-refractivity contribution in [1.29, 1.82) is 0 Å². The minimum atomic E-state index is -3.68. The highest BCUT2D eigenvalue weighted by molar-refractivity contribution is 7.89. The van der Waals surface area contributed by atoms with Crippen LogP contribution in [-0.4, -0.2) is 25.1 Å². The van der Waals surface area contributed by atoms with Crippen LogP contribution in [0.15, 0.2) is 94.8 Å². The van der Waals surface area contributed by atoms with Gasteiger partial charge in [0, 0.05) is 12.1 Å². The van der Waals surface area contributed by atoms with Crippen LogP contribution in [0.25, 0.3) is 0 Å². The quantitative estimate of drug-likeness (QED) is 0.655. The summed E-state index contributed by atoms with van der Waals surface area (Å²) in [6.07, 6.45) is 0.644. The van der Waals surface area contributed by atoms with E-state index in [0.29, 0.717) is 23.7 Å². The summed E-state index contributed by atoms with van der Waals surface area (Å²) in [6, 6.07) is 26.5. The second-order valence-corrected chi connectivity index (χ2v) is 8.79. The van der Waals surface area contributed by atoms with Crippen molar-refractivity contribution in [3.8, 4) is 0 Å². The molecule has 3 aromatic rings. The van der Waals surface area contributed by atoms with E-state index in [4.69, 9.17) is 4.99 Å². The lowest BCUT2D eigenvalue weighted by atomic mass is 10.0. The van der Waals surface area contributed by atoms with E-state index in [9.17, 15) is 8.42 Å². The zero-order valence-corrected chi connectivity index (χ0v) is 16.5. The molecular formula is C23H22N2O2S. The van der Waals surface area contributed by atoms with Crippen LogP contribution in [0.2, 0.25) is 0 Å². The third-order valence-corrected chi connectivity index (χ3v) is 6.75. The van der Waals surface area contributed by atoms with Gasteiger partial charge in [-0.25, -0.2) is 12.7 Å². The van der Waals surface area contributed by atoms with Crippen molar-refractivity contribution in [2.75, 3.05) is 6.54 Å². The third kappa shape index (κ3) is 3.58. The van der Waals surface area contributed by atoms with Crippen molar-refractivity contribution >= 4 is 15.9 Å². The van der Waals surface area contributed by atoms with Gasteiger partial charge in [-0.2, -0.15) is 0 Å². The molecule has 4 rings (SSSR count). The highest BCUT2D eigenvalue weighted by Crippen LogP contribution is 2.31. The van der Waals surface area contributed by atoms with Crippen LogP contribution in [0, 0.1) is 6.92 Å². The Kier molecular flexibility index (Phi) is 5.01. The second-order valence-electron chi connectivity index (χ2n) is 6.92. The van der Waals surface area contributed by atoms with Crippen LogP contribution in [0.1, 0.15) is 29.2 Å². The van der Waals surface area contributed by atoms with Crippen molar-refractivity contribution < 1.29 is 8.42 Å². The number of aryl methyl sites for hydroxylation is 1. The number of hydrogen-bond donors (Lipinski definition) is 0. The monoisotopic (exact) mass is 390 g/mol. The fourth-order valence-electron chi connectivity index (χ4n) is 3.42. The van der Waals surface area contributed by atoms with Crippen LogP contribution in [0.5, 0.6) is 0 Å². The van der Waals surface area contributed by atoms with Crippen LogP contribution in [-0.2, 0) is 10.0 Å². The van der Waals surface area contributed by atoms with Gasteiger partial charge in [-0.05, 0) is 31.0 Å². The molecule has 0 saturated heterocycles. The maximum absolute atomic E-state index is 13.4. The van der Waals surface area contributed by atoms with E-state index in [1.54, 1.807) is 12.1 Å². The number of amidine groups is 1. The summed E-state index contributed by atoms with van der Waals surface area (Å²) in [4.78, 5) is 5.17. The third-order valence-electron chi connectivity index (χ3n) is 4.95. The van der Waals surface area contributed by atoms with Crippen molar-refractivity contribution in [3.05, 3.63) is 102 Å². The largest absolute Gasteiger partial charge is 0.265 e. The lowest BCUT2D eigenvalue weighted by Crippen LogP contribution is -2.41. The summed E-state index contributed by atoms with van der Waals surface area (Å²) < 4.78 is 28.2. The van der Waals surface area contributed by atoms with E-state index in [1.165, 1.54) is 4.31 Å². The van der Waals surface area contributed by atoms with E-state index in [0.717, 1.165) is 16.7 Å². The molecular weight excluding hydrogens is 368 g/mol. The molecule has 0 amide bonds. The second kappa shape index (κ2) is 7.60. The van der Waals surface area contributed by atoms with Gasteiger partial charge in [0.2, 0.25) is 0 Å². The average molecular weight is 391 g/mol. The lowest BCUT2D eigenvalue weighted by Gasteiger charge is -2.32. The molecule has 0 bridgehead atoms. The van der Waals surface area contributed by atoms with Gasteiger partial charge in [-0.3, -0.25) is 4.99 Å². The Bertz CT molecular complexity index is 1080. The fraction of sp³-hybridized carbons (Fsp3) is 0.174. The summed E-state index contributed by atoms with van der Waals surface area (Å²) in [5.41, 5.74) is 2.93. The Morgan fingerprint density at radius 1 is 0.857 bits per heavy atom. The molecule has 1 unspecified atom stereocenters. The summed E-state index contributed by atoms with van der Waals surface area (Å²) in [6.45, 7) is 2.34. The summed E-state index contributed by atoms with van der Waals surface area (Å²) in [7, 11) is -3.68. The lowest BCUT2D eigenvalue weighted by molar-refractivity contribution is 0.466. The Hall–Kier alpha value is -2.92. The summed E-state index contributed by atoms with van der Waals surface area (Å²) >= 11 is 0. The molecule has 3 aromatic carbocycles. The van der Waals surface area contributed by atoms with Crippen LogP contribution < -0.4 is 0 Å². The SMILES string of the molecule is Cc1ccc(S(=O)(=O)N2CCC(c3ccccc3)N=C2c2ccccc2)cc1. The molecule has 0 N–H and O–H groups in total. The van der Waals surface area contributed by atoms with Gasteiger partial charge in [0.05, 0.1) is 10.9 Å². The smallest absolute Gasteiger partial charge is 0.259 e. The number of hydrogen-bond acceptors (Lipinski definition) is 3. The van der Waals surface area contributed by atoms with E-state index in [1.807, 2.05) is 79.7 Å². The first-order valence-electron chi connectivity index (χ1n) is 9.33. The molecule has 28 heavy (non-hydrogen) atoms. The first-order chi connectivity index (χ1) is 13.6. The standard InChI is InChI=1S/C23H22N2O2S/c1-18-12-14-21(15-13-18)28(26,27)25-17-16-22(19-8-4-2-5-9-19)24-23(25)20-10-6-3-7-11-20/h2-15,22H,16-17H2,1H3. The van der Waals surface area contributed by atoms with Crippen LogP contribution in [0.3, 0.4) is 0 Å². The maximum Gasteiger partial charge on any atom is 0.265 e. The molecule has 0 fully saturated rings. The van der Waals surface area contributed by atoms with Crippen LogP contribution >= 0.6 is 0 Å². The van der Waals surface area contributed by atoms with Crippen LogP contribution in [0.4, 0.5) is 0 Å². The summed E-state index contributed by atoms with van der Waals surface area (Å²) in [5, 5.41) is 0. The molecule has 142 valence electrons. The van der Waals surface area contributed by atoms with E-state index in [-0.39, 0.29) is 6.04 Å². The molecule has 1 atom stereocenters. The first-order valence-corrected chi connectivity index (χ1v) is 10.8. The van der Waals surface area contributed by atoms with Gasteiger partial charge in [0.15, 0.2) is 0 Å². The first kappa shape index (κ1) is 18.4. The highest BCUT2D eigenvalue weighted by atomic mass is 32.2. The fourth-order valence-corrected chi connectivity index (χ4v) is 4.88. The van der Waals surface area contributed by atoms with Crippen molar-refractivity contribution in [3.63, 3.8) is 0 Å². The Balaban J connectivity index is 1.79. The molecule has 5 heteroatoms. The predicted octanol–water partition coefficient (Wildman–Crippen LogP) is 4.58. The number of sulfonamides is 1. The molecule has 1 heterocycles. The van der Waals surface area contributed by atoms with Gasteiger partial charge in [0.25, 0.3) is 10.0 Å². The normalized spacial score (nSPS) is 17.2. The molecule has 4 nitrogen and oxygen atoms in total. The molecule has 0 radical (unpaired) electrons. The predicted molar refractivity (Wildman–Crippen MR) is 112 cm³/mol. The van der Waals surface area contributed by atoms with Gasteiger partial charge >= 0.3 is 0 Å². The van der Waals surface area contributed by atoms with E-state index >= 15 is 0 Å².